The maximum atomic E-state index is 13.8. The number of rotatable bonds is 5. The van der Waals surface area contributed by atoms with Crippen LogP contribution >= 0.6 is 0 Å². The van der Waals surface area contributed by atoms with Crippen molar-refractivity contribution in [2.24, 2.45) is 0 Å². The Hall–Kier alpha value is -4.72. The summed E-state index contributed by atoms with van der Waals surface area (Å²) in [5, 5.41) is 0. The smallest absolute Gasteiger partial charge is 0.255 e. The molecule has 3 heterocycles. The molecule has 2 amide bonds. The first kappa shape index (κ1) is 24.6. The third kappa shape index (κ3) is 4.58. The highest BCUT2D eigenvalue weighted by Gasteiger charge is 2.29. The molecule has 0 atom stereocenters. The molecule has 0 radical (unpaired) electrons. The highest BCUT2D eigenvalue weighted by molar-refractivity contribution is 5.98. The van der Waals surface area contributed by atoms with E-state index in [1.165, 1.54) is 0 Å². The van der Waals surface area contributed by atoms with E-state index in [2.05, 4.69) is 4.57 Å². The van der Waals surface area contributed by atoms with E-state index in [9.17, 15) is 9.59 Å². The number of piperazine rings is 1. The SMILES string of the molecule is COc1cccc(-c2cc(C(=O)N3CCN(C(=O)c4ccc5c(c4)OCO5)CC3)c(C)n2-c2ccccc2)c1. The largest absolute Gasteiger partial charge is 0.497 e. The van der Waals surface area contributed by atoms with Crippen LogP contribution < -0.4 is 14.2 Å². The minimum Gasteiger partial charge on any atom is -0.497 e. The molecule has 1 aromatic heterocycles. The van der Waals surface area contributed by atoms with E-state index in [1.54, 1.807) is 30.2 Å². The van der Waals surface area contributed by atoms with Gasteiger partial charge in [0.2, 0.25) is 6.79 Å². The molecule has 198 valence electrons. The number of hydrogen-bond donors (Lipinski definition) is 0. The number of para-hydroxylation sites is 1. The minimum absolute atomic E-state index is 0.0403. The fourth-order valence-electron chi connectivity index (χ4n) is 5.22. The lowest BCUT2D eigenvalue weighted by molar-refractivity contribution is 0.0535. The molecule has 3 aromatic carbocycles. The normalized spacial score (nSPS) is 14.4. The molecule has 8 heteroatoms. The number of carbonyl (C=O) groups is 2. The third-order valence-corrected chi connectivity index (χ3v) is 7.33. The number of ether oxygens (including phenoxy) is 3. The Bertz CT molecular complexity index is 1540. The minimum atomic E-state index is -0.0767. The zero-order valence-corrected chi connectivity index (χ0v) is 21.9. The second-order valence-electron chi connectivity index (χ2n) is 9.58. The average Bonchev–Trinajstić information content (AvgIpc) is 3.61. The summed E-state index contributed by atoms with van der Waals surface area (Å²) in [6.07, 6.45) is 0. The predicted octanol–water partition coefficient (Wildman–Crippen LogP) is 4.79. The van der Waals surface area contributed by atoms with Crippen LogP contribution in [-0.2, 0) is 0 Å². The molecule has 0 saturated carbocycles. The number of fused-ring (bicyclic) bond motifs is 1. The van der Waals surface area contributed by atoms with E-state index in [0.717, 1.165) is 28.4 Å². The van der Waals surface area contributed by atoms with Crippen LogP contribution in [0.2, 0.25) is 0 Å². The highest BCUT2D eigenvalue weighted by Crippen LogP contribution is 2.34. The Morgan fingerprint density at radius 3 is 2.23 bits per heavy atom. The molecule has 1 saturated heterocycles. The van der Waals surface area contributed by atoms with Gasteiger partial charge in [-0.1, -0.05) is 30.3 Å². The Labute approximate surface area is 226 Å². The van der Waals surface area contributed by atoms with E-state index in [4.69, 9.17) is 14.2 Å². The van der Waals surface area contributed by atoms with E-state index in [0.29, 0.717) is 48.8 Å². The van der Waals surface area contributed by atoms with Crippen LogP contribution in [-0.4, -0.2) is 66.3 Å². The lowest BCUT2D eigenvalue weighted by Crippen LogP contribution is -2.50. The van der Waals surface area contributed by atoms with Crippen LogP contribution in [0, 0.1) is 6.92 Å². The fraction of sp³-hybridized carbons (Fsp3) is 0.226. The van der Waals surface area contributed by atoms with E-state index >= 15 is 0 Å². The monoisotopic (exact) mass is 523 g/mol. The Morgan fingerprint density at radius 2 is 1.49 bits per heavy atom. The zero-order chi connectivity index (χ0) is 26.9. The molecule has 8 nitrogen and oxygen atoms in total. The zero-order valence-electron chi connectivity index (χ0n) is 21.9. The number of benzene rings is 3. The van der Waals surface area contributed by atoms with Crippen LogP contribution in [0.3, 0.4) is 0 Å². The second-order valence-corrected chi connectivity index (χ2v) is 9.58. The van der Waals surface area contributed by atoms with Crippen molar-refractivity contribution < 1.29 is 23.8 Å². The van der Waals surface area contributed by atoms with Gasteiger partial charge in [-0.05, 0) is 55.5 Å². The highest BCUT2D eigenvalue weighted by atomic mass is 16.7. The summed E-state index contributed by atoms with van der Waals surface area (Å²) in [7, 11) is 1.65. The van der Waals surface area contributed by atoms with Gasteiger partial charge in [-0.25, -0.2) is 0 Å². The number of aromatic nitrogens is 1. The van der Waals surface area contributed by atoms with Gasteiger partial charge < -0.3 is 28.6 Å². The molecule has 2 aliphatic heterocycles. The van der Waals surface area contributed by atoms with Gasteiger partial charge >= 0.3 is 0 Å². The molecule has 0 bridgehead atoms. The van der Waals surface area contributed by atoms with Gasteiger partial charge in [0.15, 0.2) is 11.5 Å². The first-order valence-corrected chi connectivity index (χ1v) is 12.9. The van der Waals surface area contributed by atoms with Crippen molar-refractivity contribution in [3.05, 3.63) is 95.7 Å². The molecule has 0 N–H and O–H groups in total. The summed E-state index contributed by atoms with van der Waals surface area (Å²) in [6.45, 7) is 3.97. The molecule has 1 fully saturated rings. The summed E-state index contributed by atoms with van der Waals surface area (Å²) >= 11 is 0. The van der Waals surface area contributed by atoms with Gasteiger partial charge in [-0.2, -0.15) is 0 Å². The lowest BCUT2D eigenvalue weighted by atomic mass is 10.1. The number of hydrogen-bond acceptors (Lipinski definition) is 5. The molecule has 39 heavy (non-hydrogen) atoms. The standard InChI is InChI=1S/C31H29N3O5/c1-21-26(19-27(22-7-6-10-25(17-22)37-2)34(21)24-8-4-3-5-9-24)31(36)33-15-13-32(14-16-33)30(35)23-11-12-28-29(18-23)39-20-38-28/h3-12,17-19H,13-16,20H2,1-2H3. The first-order valence-electron chi connectivity index (χ1n) is 12.9. The van der Waals surface area contributed by atoms with Crippen molar-refractivity contribution in [3.8, 4) is 34.2 Å². The molecule has 0 spiro atoms. The Morgan fingerprint density at radius 1 is 0.769 bits per heavy atom. The molecule has 2 aliphatic rings. The summed E-state index contributed by atoms with van der Waals surface area (Å²) in [5.74, 6) is 1.86. The molecule has 4 aromatic rings. The number of methoxy groups -OCH3 is 1. The second kappa shape index (κ2) is 10.2. The van der Waals surface area contributed by atoms with Crippen molar-refractivity contribution >= 4 is 11.8 Å². The average molecular weight is 524 g/mol. The third-order valence-electron chi connectivity index (χ3n) is 7.33. The maximum absolute atomic E-state index is 13.8. The van der Waals surface area contributed by atoms with E-state index in [1.807, 2.05) is 72.5 Å². The van der Waals surface area contributed by atoms with Crippen LogP contribution in [0.25, 0.3) is 16.9 Å². The summed E-state index contributed by atoms with van der Waals surface area (Å²) in [5.41, 5.74) is 4.91. The van der Waals surface area contributed by atoms with Gasteiger partial charge in [0.05, 0.1) is 18.4 Å². The van der Waals surface area contributed by atoms with Crippen molar-refractivity contribution in [2.45, 2.75) is 6.92 Å². The lowest BCUT2D eigenvalue weighted by Gasteiger charge is -2.35. The summed E-state index contributed by atoms with van der Waals surface area (Å²) < 4.78 is 18.3. The summed E-state index contributed by atoms with van der Waals surface area (Å²) in [6, 6.07) is 25.1. The Kier molecular flexibility index (Phi) is 6.44. The van der Waals surface area contributed by atoms with Crippen LogP contribution in [0.4, 0.5) is 0 Å². The van der Waals surface area contributed by atoms with E-state index in [-0.39, 0.29) is 18.6 Å². The molecule has 0 unspecified atom stereocenters. The van der Waals surface area contributed by atoms with Crippen LogP contribution in [0.15, 0.2) is 78.9 Å². The van der Waals surface area contributed by atoms with Gasteiger partial charge in [0.1, 0.15) is 5.75 Å². The fourth-order valence-corrected chi connectivity index (χ4v) is 5.22. The van der Waals surface area contributed by atoms with Crippen LogP contribution in [0.5, 0.6) is 17.2 Å². The number of amides is 2. The van der Waals surface area contributed by atoms with Gasteiger partial charge in [0.25, 0.3) is 11.8 Å². The van der Waals surface area contributed by atoms with Gasteiger partial charge in [-0.3, -0.25) is 9.59 Å². The van der Waals surface area contributed by atoms with Crippen molar-refractivity contribution in [1.29, 1.82) is 0 Å². The summed E-state index contributed by atoms with van der Waals surface area (Å²) in [4.78, 5) is 30.5. The van der Waals surface area contributed by atoms with Crippen LogP contribution in [0.1, 0.15) is 26.4 Å². The Balaban J connectivity index is 1.24. The van der Waals surface area contributed by atoms with Gasteiger partial charge in [-0.15, -0.1) is 0 Å². The topological polar surface area (TPSA) is 73.2 Å². The maximum Gasteiger partial charge on any atom is 0.255 e. The van der Waals surface area contributed by atoms with Crippen molar-refractivity contribution in [3.63, 3.8) is 0 Å². The van der Waals surface area contributed by atoms with Crippen molar-refractivity contribution in [2.75, 3.05) is 40.1 Å². The molecular formula is C31H29N3O5. The quantitative estimate of drug-likeness (QED) is 0.376. The van der Waals surface area contributed by atoms with Gasteiger partial charge in [0, 0.05) is 48.7 Å². The number of carbonyl (C=O) groups excluding carboxylic acids is 2. The first-order chi connectivity index (χ1) is 19.0. The molecular weight excluding hydrogens is 494 g/mol. The molecule has 6 rings (SSSR count). The molecule has 0 aliphatic carbocycles. The predicted molar refractivity (Wildman–Crippen MR) is 147 cm³/mol. The van der Waals surface area contributed by atoms with Crippen molar-refractivity contribution in [1.82, 2.24) is 14.4 Å². The van der Waals surface area contributed by atoms with E-state index < -0.39 is 0 Å². The number of nitrogens with zero attached hydrogens (tertiary/aromatic N) is 3.